The van der Waals surface area contributed by atoms with E-state index in [1.165, 1.54) is 0 Å². The van der Waals surface area contributed by atoms with E-state index in [9.17, 15) is 22.8 Å². The number of hydrogen-bond donors (Lipinski definition) is 2. The first-order chi connectivity index (χ1) is 8.90. The van der Waals surface area contributed by atoms with Crippen molar-refractivity contribution in [3.63, 3.8) is 0 Å². The Morgan fingerprint density at radius 3 is 2.25 bits per heavy atom. The van der Waals surface area contributed by atoms with Gasteiger partial charge in [0.25, 0.3) is 0 Å². The van der Waals surface area contributed by atoms with Crippen molar-refractivity contribution in [2.75, 3.05) is 0 Å². The summed E-state index contributed by atoms with van der Waals surface area (Å²) in [6.07, 6.45) is -5.60. The third-order valence-corrected chi connectivity index (χ3v) is 2.87. The molecular weight excluding hydrogens is 279 g/mol. The van der Waals surface area contributed by atoms with E-state index in [0.717, 1.165) is 0 Å². The van der Waals surface area contributed by atoms with E-state index in [1.54, 1.807) is 20.8 Å². The molecule has 116 valence electrons. The van der Waals surface area contributed by atoms with Gasteiger partial charge in [-0.3, -0.25) is 0 Å². The monoisotopic (exact) mass is 297 g/mol. The van der Waals surface area contributed by atoms with Gasteiger partial charge in [-0.15, -0.1) is 0 Å². The number of carboxylic acids is 1. The zero-order valence-electron chi connectivity index (χ0n) is 11.5. The fourth-order valence-corrected chi connectivity index (χ4v) is 1.88. The smallest absolute Gasteiger partial charge is 0.408 e. The number of rotatable bonds is 4. The highest BCUT2D eigenvalue weighted by Gasteiger charge is 2.56. The molecular formula is C12H18F3NO4. The molecule has 1 amide bonds. The van der Waals surface area contributed by atoms with Gasteiger partial charge in [-0.2, -0.15) is 13.2 Å². The minimum atomic E-state index is -4.31. The van der Waals surface area contributed by atoms with Gasteiger partial charge in [0, 0.05) is 0 Å². The summed E-state index contributed by atoms with van der Waals surface area (Å²) in [7, 11) is 0. The van der Waals surface area contributed by atoms with E-state index in [1.807, 2.05) is 0 Å². The largest absolute Gasteiger partial charge is 0.480 e. The highest BCUT2D eigenvalue weighted by atomic mass is 19.4. The summed E-state index contributed by atoms with van der Waals surface area (Å²) in [5, 5.41) is 11.0. The highest BCUT2D eigenvalue weighted by molar-refractivity contribution is 5.80. The Balaban J connectivity index is 2.51. The Hall–Kier alpha value is -1.47. The second-order valence-corrected chi connectivity index (χ2v) is 5.92. The molecule has 20 heavy (non-hydrogen) atoms. The van der Waals surface area contributed by atoms with Crippen LogP contribution >= 0.6 is 0 Å². The average Bonchev–Trinajstić information content (AvgIpc) is 2.91. The van der Waals surface area contributed by atoms with Gasteiger partial charge in [0.1, 0.15) is 11.6 Å². The first-order valence-electron chi connectivity index (χ1n) is 6.19. The van der Waals surface area contributed by atoms with Crippen LogP contribution in [-0.4, -0.2) is 35.0 Å². The molecule has 1 aliphatic rings. The van der Waals surface area contributed by atoms with Crippen LogP contribution in [0.2, 0.25) is 0 Å². The van der Waals surface area contributed by atoms with Crippen molar-refractivity contribution in [1.82, 2.24) is 5.32 Å². The van der Waals surface area contributed by atoms with Crippen LogP contribution in [0.1, 0.15) is 33.6 Å². The van der Waals surface area contributed by atoms with E-state index in [0.29, 0.717) is 0 Å². The number of hydrogen-bond acceptors (Lipinski definition) is 3. The molecule has 0 aromatic carbocycles. The number of carboxylic acid groups (broad SMARTS) is 1. The van der Waals surface area contributed by atoms with Gasteiger partial charge < -0.3 is 15.2 Å². The predicted molar refractivity (Wildman–Crippen MR) is 63.1 cm³/mol. The van der Waals surface area contributed by atoms with Gasteiger partial charge in [-0.25, -0.2) is 9.59 Å². The Morgan fingerprint density at radius 2 is 1.90 bits per heavy atom. The molecule has 5 nitrogen and oxygen atoms in total. The first kappa shape index (κ1) is 16.6. The van der Waals surface area contributed by atoms with E-state index < -0.39 is 41.7 Å². The number of halogens is 3. The van der Waals surface area contributed by atoms with E-state index >= 15 is 0 Å². The SMILES string of the molecule is CC(C)(C)OC(=O)NC(CC1CC1C(F)(F)F)C(=O)O. The standard InChI is InChI=1S/C12H18F3NO4/c1-11(2,3)20-10(19)16-8(9(17)18)5-6-4-7(6)12(13,14)15/h6-8H,4-5H2,1-3H3,(H,16,19)(H,17,18). The lowest BCUT2D eigenvalue weighted by atomic mass is 10.1. The van der Waals surface area contributed by atoms with Crippen LogP contribution in [0, 0.1) is 11.8 Å². The molecule has 0 saturated heterocycles. The van der Waals surface area contributed by atoms with Crippen LogP contribution in [0.4, 0.5) is 18.0 Å². The first-order valence-corrected chi connectivity index (χ1v) is 6.19. The van der Waals surface area contributed by atoms with Gasteiger partial charge in [-0.05, 0) is 39.5 Å². The summed E-state index contributed by atoms with van der Waals surface area (Å²) in [6.45, 7) is 4.80. The molecule has 1 fully saturated rings. The molecule has 3 atom stereocenters. The van der Waals surface area contributed by atoms with Crippen molar-refractivity contribution in [3.8, 4) is 0 Å². The minimum Gasteiger partial charge on any atom is -0.480 e. The number of amides is 1. The second kappa shape index (κ2) is 5.49. The summed E-state index contributed by atoms with van der Waals surface area (Å²) in [5.74, 6) is -3.60. The number of carbonyl (C=O) groups excluding carboxylic acids is 1. The van der Waals surface area contributed by atoms with Crippen molar-refractivity contribution >= 4 is 12.1 Å². The van der Waals surface area contributed by atoms with Crippen molar-refractivity contribution in [2.24, 2.45) is 11.8 Å². The number of ether oxygens (including phenoxy) is 1. The number of carbonyl (C=O) groups is 2. The van der Waals surface area contributed by atoms with Crippen LogP contribution in [0.15, 0.2) is 0 Å². The Labute approximate surface area is 114 Å². The molecule has 2 N–H and O–H groups in total. The summed E-state index contributed by atoms with van der Waals surface area (Å²) in [4.78, 5) is 22.4. The van der Waals surface area contributed by atoms with Crippen molar-refractivity contribution < 1.29 is 32.6 Å². The molecule has 0 aliphatic heterocycles. The fraction of sp³-hybridized carbons (Fsp3) is 0.833. The van der Waals surface area contributed by atoms with Crippen LogP contribution in [0.3, 0.4) is 0 Å². The minimum absolute atomic E-state index is 0.0940. The predicted octanol–water partition coefficient (Wildman–Crippen LogP) is 2.55. The quantitative estimate of drug-likeness (QED) is 0.836. The number of aliphatic carboxylic acids is 1. The zero-order valence-corrected chi connectivity index (χ0v) is 11.5. The number of alkyl halides is 3. The van der Waals surface area contributed by atoms with Gasteiger partial charge in [0.05, 0.1) is 5.92 Å². The number of nitrogens with one attached hydrogen (secondary N) is 1. The maximum Gasteiger partial charge on any atom is 0.408 e. The third-order valence-electron chi connectivity index (χ3n) is 2.87. The normalized spacial score (nSPS) is 23.9. The van der Waals surface area contributed by atoms with Crippen LogP contribution in [0.5, 0.6) is 0 Å². The Morgan fingerprint density at radius 1 is 1.35 bits per heavy atom. The summed E-state index contributed by atoms with van der Waals surface area (Å²) < 4.78 is 42.0. The molecule has 1 rings (SSSR count). The van der Waals surface area contributed by atoms with Gasteiger partial charge in [0.2, 0.25) is 0 Å². The molecule has 0 spiro atoms. The fourth-order valence-electron chi connectivity index (χ4n) is 1.88. The Bertz CT molecular complexity index is 389. The highest BCUT2D eigenvalue weighted by Crippen LogP contribution is 2.52. The topological polar surface area (TPSA) is 75.6 Å². The van der Waals surface area contributed by atoms with E-state index in [-0.39, 0.29) is 12.8 Å². The maximum atomic E-state index is 12.4. The second-order valence-electron chi connectivity index (χ2n) is 5.92. The van der Waals surface area contributed by atoms with E-state index in [4.69, 9.17) is 9.84 Å². The van der Waals surface area contributed by atoms with Gasteiger partial charge in [0.15, 0.2) is 0 Å². The molecule has 1 aliphatic carbocycles. The van der Waals surface area contributed by atoms with Crippen LogP contribution < -0.4 is 5.32 Å². The van der Waals surface area contributed by atoms with Crippen molar-refractivity contribution in [3.05, 3.63) is 0 Å². The van der Waals surface area contributed by atoms with Crippen LogP contribution in [-0.2, 0) is 9.53 Å². The Kier molecular flexibility index (Phi) is 4.55. The average molecular weight is 297 g/mol. The lowest BCUT2D eigenvalue weighted by molar-refractivity contribution is -0.152. The maximum absolute atomic E-state index is 12.4. The molecule has 0 radical (unpaired) electrons. The summed E-state index contributed by atoms with van der Waals surface area (Å²) in [5.41, 5.74) is -0.804. The van der Waals surface area contributed by atoms with Gasteiger partial charge in [-0.1, -0.05) is 0 Å². The lowest BCUT2D eigenvalue weighted by Gasteiger charge is -2.22. The molecule has 0 aromatic rings. The van der Waals surface area contributed by atoms with Crippen molar-refractivity contribution in [2.45, 2.75) is 51.4 Å². The molecule has 0 bridgehead atoms. The molecule has 0 aromatic heterocycles. The molecule has 8 heteroatoms. The molecule has 0 heterocycles. The zero-order chi connectivity index (χ0) is 15.7. The molecule has 3 unspecified atom stereocenters. The lowest BCUT2D eigenvalue weighted by Crippen LogP contribution is -2.43. The van der Waals surface area contributed by atoms with Crippen LogP contribution in [0.25, 0.3) is 0 Å². The van der Waals surface area contributed by atoms with E-state index in [2.05, 4.69) is 5.32 Å². The summed E-state index contributed by atoms with van der Waals surface area (Å²) >= 11 is 0. The van der Waals surface area contributed by atoms with Crippen molar-refractivity contribution in [1.29, 1.82) is 0 Å². The third kappa shape index (κ3) is 5.26. The number of alkyl carbamates (subject to hydrolysis) is 1. The van der Waals surface area contributed by atoms with Gasteiger partial charge >= 0.3 is 18.2 Å². The molecule has 1 saturated carbocycles. The summed E-state index contributed by atoms with van der Waals surface area (Å²) in [6, 6.07) is -1.37.